The largest absolute Gasteiger partial charge is 0.481 e. The zero-order chi connectivity index (χ0) is 26.3. The minimum absolute atomic E-state index is 0.149. The highest BCUT2D eigenvalue weighted by atomic mass is 35.5. The maximum Gasteiger partial charge on any atom is 0.272 e. The molecule has 2 fully saturated rings. The summed E-state index contributed by atoms with van der Waals surface area (Å²) in [6.07, 6.45) is 4.70. The van der Waals surface area contributed by atoms with E-state index < -0.39 is 23.2 Å². The van der Waals surface area contributed by atoms with Crippen molar-refractivity contribution in [1.82, 2.24) is 30.4 Å². The van der Waals surface area contributed by atoms with Gasteiger partial charge < -0.3 is 15.0 Å². The number of aromatic amines is 1. The van der Waals surface area contributed by atoms with Gasteiger partial charge in [-0.15, -0.1) is 0 Å². The van der Waals surface area contributed by atoms with Crippen LogP contribution in [-0.2, 0) is 4.79 Å². The van der Waals surface area contributed by atoms with E-state index in [4.69, 9.17) is 16.3 Å². The first-order valence-corrected chi connectivity index (χ1v) is 12.3. The second kappa shape index (κ2) is 9.70. The third-order valence-corrected chi connectivity index (χ3v) is 7.37. The van der Waals surface area contributed by atoms with E-state index in [1.165, 1.54) is 19.2 Å². The van der Waals surface area contributed by atoms with Gasteiger partial charge in [0, 0.05) is 29.6 Å². The molecule has 2 atom stereocenters. The smallest absolute Gasteiger partial charge is 0.272 e. The molecule has 12 heteroatoms. The van der Waals surface area contributed by atoms with Gasteiger partial charge in [-0.3, -0.25) is 19.7 Å². The normalized spacial score (nSPS) is 18.9. The molecular weight excluding hydrogens is 506 g/mol. The summed E-state index contributed by atoms with van der Waals surface area (Å²) in [6, 6.07) is 3.60. The fraction of sp³-hybridized carbons (Fsp3) is 0.400. The quantitative estimate of drug-likeness (QED) is 0.497. The summed E-state index contributed by atoms with van der Waals surface area (Å²) in [5.41, 5.74) is 0.669. The Bertz CT molecular complexity index is 1360. The molecule has 1 spiro atoms. The highest BCUT2D eigenvalue weighted by Crippen LogP contribution is 2.50. The van der Waals surface area contributed by atoms with Gasteiger partial charge in [-0.2, -0.15) is 5.10 Å². The van der Waals surface area contributed by atoms with E-state index in [9.17, 15) is 18.4 Å². The van der Waals surface area contributed by atoms with E-state index in [1.54, 1.807) is 11.8 Å². The van der Waals surface area contributed by atoms with Gasteiger partial charge in [-0.25, -0.2) is 13.8 Å². The van der Waals surface area contributed by atoms with Crippen molar-refractivity contribution in [2.24, 2.45) is 5.92 Å². The van der Waals surface area contributed by atoms with Crippen LogP contribution >= 0.6 is 11.6 Å². The number of methoxy groups -OCH3 is 1. The molecular formula is C25H25ClF2N6O3. The summed E-state index contributed by atoms with van der Waals surface area (Å²) >= 11 is 6.09. The molecule has 5 rings (SSSR count). The van der Waals surface area contributed by atoms with Crippen LogP contribution in [0, 0.1) is 17.6 Å². The molecule has 3 aromatic heterocycles. The first-order chi connectivity index (χ1) is 17.7. The lowest BCUT2D eigenvalue weighted by molar-refractivity contribution is -0.128. The standard InChI is InChI=1S/C25H25ClF2N6O3/c1-13(22-17(26)7-15(27)11-30-22)31-23(35)14-3-6-34(25(10-14)4-5-25)24(36)20-9-19(32-33-20)16-8-21(37-2)29-12-18(16)28/h7-9,11-14H,3-6,10H2,1-2H3,(H,31,35)(H,32,33)/t13?,14-/m0/s1. The Morgan fingerprint density at radius 1 is 1.24 bits per heavy atom. The summed E-state index contributed by atoms with van der Waals surface area (Å²) < 4.78 is 32.7. The maximum atomic E-state index is 14.3. The third kappa shape index (κ3) is 4.87. The molecule has 1 unspecified atom stereocenters. The van der Waals surface area contributed by atoms with E-state index in [1.807, 2.05) is 0 Å². The monoisotopic (exact) mass is 530 g/mol. The van der Waals surface area contributed by atoms with Gasteiger partial charge in [0.2, 0.25) is 11.8 Å². The molecule has 0 aromatic carbocycles. The Kier molecular flexibility index (Phi) is 6.57. The molecule has 194 valence electrons. The second-order valence-electron chi connectivity index (χ2n) is 9.50. The molecule has 0 radical (unpaired) electrons. The molecule has 37 heavy (non-hydrogen) atoms. The molecule has 4 heterocycles. The molecule has 1 aliphatic carbocycles. The highest BCUT2D eigenvalue weighted by Gasteiger charge is 2.54. The number of carbonyl (C=O) groups is 2. The van der Waals surface area contributed by atoms with Crippen molar-refractivity contribution in [1.29, 1.82) is 0 Å². The van der Waals surface area contributed by atoms with Gasteiger partial charge in [0.05, 0.1) is 42.0 Å². The Morgan fingerprint density at radius 3 is 2.73 bits per heavy atom. The Balaban J connectivity index is 1.26. The van der Waals surface area contributed by atoms with Crippen LogP contribution in [0.5, 0.6) is 5.88 Å². The lowest BCUT2D eigenvalue weighted by atomic mass is 9.87. The van der Waals surface area contributed by atoms with Gasteiger partial charge in [0.25, 0.3) is 5.91 Å². The van der Waals surface area contributed by atoms with Gasteiger partial charge in [-0.1, -0.05) is 11.6 Å². The summed E-state index contributed by atoms with van der Waals surface area (Å²) in [5, 5.41) is 9.92. The van der Waals surface area contributed by atoms with Crippen molar-refractivity contribution in [3.63, 3.8) is 0 Å². The summed E-state index contributed by atoms with van der Waals surface area (Å²) in [5.74, 6) is -1.58. The first-order valence-electron chi connectivity index (χ1n) is 11.9. The number of nitrogens with one attached hydrogen (secondary N) is 2. The van der Waals surface area contributed by atoms with E-state index in [-0.39, 0.29) is 45.6 Å². The third-order valence-electron chi connectivity index (χ3n) is 7.07. The molecule has 0 bridgehead atoms. The number of hydrogen-bond donors (Lipinski definition) is 2. The van der Waals surface area contributed by atoms with E-state index in [0.29, 0.717) is 25.1 Å². The Morgan fingerprint density at radius 2 is 2.03 bits per heavy atom. The number of ether oxygens (including phenoxy) is 1. The SMILES string of the molecule is COc1cc(-c2cc(C(=O)N3CC[C@H](C(=O)NC(C)c4ncc(F)cc4Cl)CC34CC4)[nH]n2)c(F)cn1. The predicted molar refractivity (Wildman–Crippen MR) is 130 cm³/mol. The zero-order valence-electron chi connectivity index (χ0n) is 20.2. The maximum absolute atomic E-state index is 14.3. The van der Waals surface area contributed by atoms with Crippen molar-refractivity contribution in [3.8, 4) is 17.1 Å². The molecule has 3 aromatic rings. The molecule has 1 aliphatic heterocycles. The number of H-pyrrole nitrogens is 1. The van der Waals surface area contributed by atoms with E-state index in [2.05, 4.69) is 25.5 Å². The predicted octanol–water partition coefficient (Wildman–Crippen LogP) is 4.07. The van der Waals surface area contributed by atoms with Crippen LogP contribution in [0.25, 0.3) is 11.3 Å². The van der Waals surface area contributed by atoms with Crippen molar-refractivity contribution < 1.29 is 23.1 Å². The number of halogens is 3. The molecule has 1 saturated heterocycles. The van der Waals surface area contributed by atoms with Crippen molar-refractivity contribution in [2.45, 2.75) is 44.2 Å². The van der Waals surface area contributed by atoms with Crippen LogP contribution in [0.15, 0.2) is 30.6 Å². The molecule has 2 amide bonds. The first kappa shape index (κ1) is 25.1. The number of carbonyl (C=O) groups excluding carboxylic acids is 2. The molecule has 9 nitrogen and oxygen atoms in total. The van der Waals surface area contributed by atoms with Crippen molar-refractivity contribution in [3.05, 3.63) is 58.6 Å². The minimum atomic E-state index is -0.580. The van der Waals surface area contributed by atoms with Crippen LogP contribution in [0.1, 0.15) is 54.8 Å². The number of pyridine rings is 2. The molecule has 2 N–H and O–H groups in total. The van der Waals surface area contributed by atoms with Gasteiger partial charge in [0.1, 0.15) is 11.5 Å². The topological polar surface area (TPSA) is 113 Å². The van der Waals surface area contributed by atoms with E-state index >= 15 is 0 Å². The number of aromatic nitrogens is 4. The fourth-order valence-electron chi connectivity index (χ4n) is 4.94. The number of piperidine rings is 1. The van der Waals surface area contributed by atoms with Crippen molar-refractivity contribution >= 4 is 23.4 Å². The average Bonchev–Trinajstić information content (AvgIpc) is 3.45. The zero-order valence-corrected chi connectivity index (χ0v) is 21.0. The summed E-state index contributed by atoms with van der Waals surface area (Å²) in [6.45, 7) is 2.14. The average molecular weight is 531 g/mol. The fourth-order valence-corrected chi connectivity index (χ4v) is 5.25. The van der Waals surface area contributed by atoms with Crippen LogP contribution in [0.2, 0.25) is 5.02 Å². The van der Waals surface area contributed by atoms with Gasteiger partial charge in [0.15, 0.2) is 5.82 Å². The number of hydrogen-bond acceptors (Lipinski definition) is 6. The molecule has 1 saturated carbocycles. The van der Waals surface area contributed by atoms with E-state index in [0.717, 1.165) is 31.3 Å². The van der Waals surface area contributed by atoms with Crippen LogP contribution in [0.3, 0.4) is 0 Å². The number of likely N-dealkylation sites (tertiary alicyclic amines) is 1. The Labute approximate surface area is 216 Å². The van der Waals surface area contributed by atoms with Crippen LogP contribution in [0.4, 0.5) is 8.78 Å². The Hall–Kier alpha value is -3.60. The minimum Gasteiger partial charge on any atom is -0.481 e. The lowest BCUT2D eigenvalue weighted by Crippen LogP contribution is -2.51. The highest BCUT2D eigenvalue weighted by molar-refractivity contribution is 6.31. The van der Waals surface area contributed by atoms with Gasteiger partial charge in [-0.05, 0) is 44.7 Å². The van der Waals surface area contributed by atoms with Gasteiger partial charge >= 0.3 is 0 Å². The number of rotatable bonds is 6. The summed E-state index contributed by atoms with van der Waals surface area (Å²) in [7, 11) is 1.43. The summed E-state index contributed by atoms with van der Waals surface area (Å²) in [4.78, 5) is 36.0. The lowest BCUT2D eigenvalue weighted by Gasteiger charge is -2.39. The molecule has 2 aliphatic rings. The number of nitrogens with zero attached hydrogens (tertiary/aromatic N) is 4. The second-order valence-corrected chi connectivity index (χ2v) is 9.90. The van der Waals surface area contributed by atoms with Crippen LogP contribution in [-0.4, -0.2) is 56.1 Å². The van der Waals surface area contributed by atoms with Crippen LogP contribution < -0.4 is 10.1 Å². The van der Waals surface area contributed by atoms with Crippen molar-refractivity contribution in [2.75, 3.05) is 13.7 Å². The number of amides is 2.